The molecule has 5 heteroatoms. The quantitative estimate of drug-likeness (QED) is 0.461. The maximum absolute atomic E-state index is 15.0. The molecule has 0 saturated carbocycles. The molecular formula is C22H20F2INO. The molecule has 1 heterocycles. The minimum Gasteiger partial charge on any atom is -0.494 e. The van der Waals surface area contributed by atoms with Gasteiger partial charge in [-0.15, -0.1) is 0 Å². The lowest BCUT2D eigenvalue weighted by molar-refractivity contribution is 0.335. The number of benzene rings is 2. The van der Waals surface area contributed by atoms with Crippen molar-refractivity contribution in [3.8, 4) is 5.75 Å². The molecule has 0 N–H and O–H groups in total. The molecule has 0 radical (unpaired) electrons. The lowest BCUT2D eigenvalue weighted by Crippen LogP contribution is -2.25. The molecule has 0 aromatic heterocycles. The molecule has 0 aliphatic carbocycles. The lowest BCUT2D eigenvalue weighted by atomic mass is 9.94. The zero-order valence-electron chi connectivity index (χ0n) is 15.2. The lowest BCUT2D eigenvalue weighted by Gasteiger charge is -2.34. The van der Waals surface area contributed by atoms with Crippen LogP contribution in [0.5, 0.6) is 5.75 Å². The smallest absolute Gasteiger partial charge is 0.139 e. The fourth-order valence-corrected chi connectivity index (χ4v) is 3.77. The number of ether oxygens (including phenoxy) is 1. The number of nitrogens with zero attached hydrogens (tertiary/aromatic N) is 1. The molecule has 0 bridgehead atoms. The van der Waals surface area contributed by atoms with Crippen LogP contribution in [0.3, 0.4) is 0 Å². The topological polar surface area (TPSA) is 12.5 Å². The molecule has 140 valence electrons. The van der Waals surface area contributed by atoms with Crippen molar-refractivity contribution in [3.63, 3.8) is 0 Å². The second-order valence-corrected chi connectivity index (χ2v) is 7.17. The van der Waals surface area contributed by atoms with Crippen molar-refractivity contribution in [3.05, 3.63) is 87.2 Å². The van der Waals surface area contributed by atoms with Crippen LogP contribution in [0.4, 0.5) is 8.78 Å². The minimum atomic E-state index is -0.654. The first-order valence-electron chi connectivity index (χ1n) is 8.73. The summed E-state index contributed by atoms with van der Waals surface area (Å²) in [5, 5.41) is 0. The fraction of sp³-hybridized carbons (Fsp3) is 0.182. The highest BCUT2D eigenvalue weighted by Gasteiger charge is 2.29. The van der Waals surface area contributed by atoms with Gasteiger partial charge in [0, 0.05) is 33.5 Å². The van der Waals surface area contributed by atoms with Crippen LogP contribution in [0.15, 0.2) is 64.4 Å². The van der Waals surface area contributed by atoms with E-state index in [0.717, 1.165) is 20.4 Å². The molecule has 0 saturated heterocycles. The van der Waals surface area contributed by atoms with Crippen LogP contribution in [0.1, 0.15) is 25.0 Å². The maximum Gasteiger partial charge on any atom is 0.139 e. The predicted octanol–water partition coefficient (Wildman–Crippen LogP) is 6.40. The number of hydrogen-bond acceptors (Lipinski definition) is 2. The summed E-state index contributed by atoms with van der Waals surface area (Å²) in [6.45, 7) is 8.70. The molecule has 3 rings (SSSR count). The zero-order chi connectivity index (χ0) is 19.6. The van der Waals surface area contributed by atoms with Crippen LogP contribution in [-0.2, 0) is 0 Å². The van der Waals surface area contributed by atoms with Gasteiger partial charge in [0.2, 0.25) is 0 Å². The van der Waals surface area contributed by atoms with Crippen LogP contribution >= 0.6 is 22.6 Å². The van der Waals surface area contributed by atoms with Gasteiger partial charge in [0.15, 0.2) is 0 Å². The number of hydrogen-bond donors (Lipinski definition) is 0. The van der Waals surface area contributed by atoms with Gasteiger partial charge in [0.1, 0.15) is 17.4 Å². The van der Waals surface area contributed by atoms with Crippen LogP contribution in [0.25, 0.3) is 11.3 Å². The molecular weight excluding hydrogens is 459 g/mol. The van der Waals surface area contributed by atoms with Gasteiger partial charge in [-0.05, 0) is 48.1 Å². The third-order valence-electron chi connectivity index (χ3n) is 4.36. The number of rotatable bonds is 5. The Kier molecular flexibility index (Phi) is 5.99. The van der Waals surface area contributed by atoms with Crippen molar-refractivity contribution in [1.82, 2.24) is 4.90 Å². The standard InChI is InChI=1S/C22H20F2INO/c1-4-26-14(3)20(25)13-17(15-9-7-6-8-10-15)22(26)21-18(23)11-16(27-5-2)12-19(21)24/h6-13H,3-5H2,1-2H3. The molecule has 0 atom stereocenters. The normalized spacial score (nSPS) is 14.5. The van der Waals surface area contributed by atoms with Gasteiger partial charge >= 0.3 is 0 Å². The summed E-state index contributed by atoms with van der Waals surface area (Å²) in [7, 11) is 0. The Hall–Kier alpha value is -2.15. The molecule has 0 spiro atoms. The average Bonchev–Trinajstić information content (AvgIpc) is 2.65. The van der Waals surface area contributed by atoms with Gasteiger partial charge < -0.3 is 9.64 Å². The van der Waals surface area contributed by atoms with E-state index in [1.165, 1.54) is 12.1 Å². The van der Waals surface area contributed by atoms with Gasteiger partial charge in [-0.1, -0.05) is 36.9 Å². The molecule has 0 amide bonds. The number of likely N-dealkylation sites (N-methyl/N-ethyl adjacent to an activating group) is 1. The molecule has 1 aliphatic rings. The summed E-state index contributed by atoms with van der Waals surface area (Å²) in [6.07, 6.45) is 1.93. The Morgan fingerprint density at radius 3 is 2.26 bits per heavy atom. The molecule has 2 nitrogen and oxygen atoms in total. The molecule has 2 aromatic carbocycles. The van der Waals surface area contributed by atoms with Crippen molar-refractivity contribution in [2.75, 3.05) is 13.2 Å². The number of halogens is 3. The molecule has 0 fully saturated rings. The van der Waals surface area contributed by atoms with Gasteiger partial charge in [-0.3, -0.25) is 0 Å². The predicted molar refractivity (Wildman–Crippen MR) is 114 cm³/mol. The molecule has 1 aliphatic heterocycles. The van der Waals surface area contributed by atoms with Crippen LogP contribution < -0.4 is 4.74 Å². The molecule has 2 aromatic rings. The highest BCUT2D eigenvalue weighted by molar-refractivity contribution is 14.1. The van der Waals surface area contributed by atoms with E-state index in [4.69, 9.17) is 4.74 Å². The fourth-order valence-electron chi connectivity index (χ4n) is 3.17. The summed E-state index contributed by atoms with van der Waals surface area (Å²) in [5.41, 5.74) is 2.78. The Labute approximate surface area is 172 Å². The monoisotopic (exact) mass is 479 g/mol. The Morgan fingerprint density at radius 1 is 1.07 bits per heavy atom. The van der Waals surface area contributed by atoms with Crippen molar-refractivity contribution in [2.24, 2.45) is 0 Å². The van der Waals surface area contributed by atoms with Gasteiger partial charge in [0.05, 0.1) is 17.9 Å². The first kappa shape index (κ1) is 19.6. The summed E-state index contributed by atoms with van der Waals surface area (Å²) in [6, 6.07) is 12.1. The van der Waals surface area contributed by atoms with E-state index in [1.807, 2.05) is 48.2 Å². The maximum atomic E-state index is 15.0. The van der Waals surface area contributed by atoms with E-state index < -0.39 is 11.6 Å². The van der Waals surface area contributed by atoms with E-state index >= 15 is 8.78 Å². The average molecular weight is 479 g/mol. The van der Waals surface area contributed by atoms with Crippen molar-refractivity contribution in [1.29, 1.82) is 0 Å². The van der Waals surface area contributed by atoms with Crippen molar-refractivity contribution >= 4 is 33.9 Å². The first-order valence-corrected chi connectivity index (χ1v) is 9.81. The summed E-state index contributed by atoms with van der Waals surface area (Å²) in [4.78, 5) is 1.85. The highest BCUT2D eigenvalue weighted by atomic mass is 127. The Balaban J connectivity index is 2.31. The van der Waals surface area contributed by atoms with E-state index in [9.17, 15) is 0 Å². The SMILES string of the molecule is C=C1C(I)=CC(c2ccccc2)=C(c2c(F)cc(OCC)cc2F)N1CC. The van der Waals surface area contributed by atoms with Gasteiger partial charge in [-0.25, -0.2) is 8.78 Å². The second-order valence-electron chi connectivity index (χ2n) is 6.01. The number of allylic oxidation sites excluding steroid dienone is 3. The second kappa shape index (κ2) is 8.25. The molecule has 0 unspecified atom stereocenters. The van der Waals surface area contributed by atoms with Crippen molar-refractivity contribution in [2.45, 2.75) is 13.8 Å². The summed E-state index contributed by atoms with van der Waals surface area (Å²) in [5.74, 6) is -1.13. The van der Waals surface area contributed by atoms with Crippen LogP contribution in [-0.4, -0.2) is 18.1 Å². The third kappa shape index (κ3) is 3.78. The summed E-state index contributed by atoms with van der Waals surface area (Å²) < 4.78 is 36.2. The van der Waals surface area contributed by atoms with Gasteiger partial charge in [0.25, 0.3) is 0 Å². The Morgan fingerprint density at radius 2 is 1.70 bits per heavy atom. The van der Waals surface area contributed by atoms with Crippen molar-refractivity contribution < 1.29 is 13.5 Å². The summed E-state index contributed by atoms with van der Waals surface area (Å²) >= 11 is 2.20. The van der Waals surface area contributed by atoms with E-state index in [2.05, 4.69) is 29.2 Å². The van der Waals surface area contributed by atoms with E-state index in [0.29, 0.717) is 18.8 Å². The highest BCUT2D eigenvalue weighted by Crippen LogP contribution is 2.43. The van der Waals surface area contributed by atoms with Gasteiger partial charge in [-0.2, -0.15) is 0 Å². The zero-order valence-corrected chi connectivity index (χ0v) is 17.4. The van der Waals surface area contributed by atoms with Crippen LogP contribution in [0, 0.1) is 11.6 Å². The third-order valence-corrected chi connectivity index (χ3v) is 5.30. The van der Waals surface area contributed by atoms with Crippen LogP contribution in [0.2, 0.25) is 0 Å². The minimum absolute atomic E-state index is 0.0690. The largest absolute Gasteiger partial charge is 0.494 e. The first-order chi connectivity index (χ1) is 13.0. The Bertz CT molecular complexity index is 912. The van der Waals surface area contributed by atoms with E-state index in [1.54, 1.807) is 6.92 Å². The molecule has 27 heavy (non-hydrogen) atoms. The van der Waals surface area contributed by atoms with E-state index in [-0.39, 0.29) is 11.3 Å².